The van der Waals surface area contributed by atoms with Crippen LogP contribution in [0.2, 0.25) is 0 Å². The van der Waals surface area contributed by atoms with E-state index >= 15 is 0 Å². The summed E-state index contributed by atoms with van der Waals surface area (Å²) >= 11 is 6.71. The Bertz CT molecular complexity index is 826. The van der Waals surface area contributed by atoms with Crippen molar-refractivity contribution in [3.8, 4) is 0 Å². The van der Waals surface area contributed by atoms with Gasteiger partial charge in [-0.05, 0) is 73.8 Å². The molecule has 2 fully saturated rings. The highest BCUT2D eigenvalue weighted by atomic mass is 35.5. The largest absolute Gasteiger partial charge is 0.451 e. The molecule has 0 bridgehead atoms. The predicted octanol–water partition coefficient (Wildman–Crippen LogP) is 4.75. The monoisotopic (exact) mass is 404 g/mol. The number of carbonyl (C=O) groups is 3. The van der Waals surface area contributed by atoms with E-state index in [4.69, 9.17) is 16.3 Å². The number of ketones is 2. The van der Waals surface area contributed by atoms with Crippen molar-refractivity contribution < 1.29 is 19.1 Å². The van der Waals surface area contributed by atoms with Crippen molar-refractivity contribution in [1.29, 1.82) is 0 Å². The molecule has 0 unspecified atom stereocenters. The van der Waals surface area contributed by atoms with E-state index in [1.54, 1.807) is 13.0 Å². The van der Waals surface area contributed by atoms with Crippen LogP contribution in [0.5, 0.6) is 0 Å². The Morgan fingerprint density at radius 1 is 1.11 bits per heavy atom. The number of carbonyl (C=O) groups excluding carboxylic acids is 3. The van der Waals surface area contributed by atoms with Crippen molar-refractivity contribution >= 4 is 29.1 Å². The number of rotatable bonds is 2. The maximum absolute atomic E-state index is 12.7. The van der Waals surface area contributed by atoms with Crippen LogP contribution in [0.1, 0.15) is 66.2 Å². The number of ether oxygens (including phenoxy) is 1. The van der Waals surface area contributed by atoms with E-state index in [-0.39, 0.29) is 40.2 Å². The molecule has 28 heavy (non-hydrogen) atoms. The molecule has 0 radical (unpaired) electrons. The van der Waals surface area contributed by atoms with Crippen molar-refractivity contribution in [3.05, 3.63) is 22.8 Å². The summed E-state index contributed by atoms with van der Waals surface area (Å²) in [6, 6.07) is 0. The third-order valence-electron chi connectivity index (χ3n) is 8.56. The molecule has 6 atom stereocenters. The zero-order valence-corrected chi connectivity index (χ0v) is 17.9. The number of allylic oxidation sites excluding steroid dienone is 4. The Labute approximate surface area is 171 Å². The van der Waals surface area contributed by atoms with E-state index in [0.717, 1.165) is 31.3 Å². The van der Waals surface area contributed by atoms with E-state index in [1.807, 2.05) is 0 Å². The van der Waals surface area contributed by atoms with Gasteiger partial charge in [-0.3, -0.25) is 14.4 Å². The maximum Gasteiger partial charge on any atom is 0.303 e. The standard InChI is InChI=1S/C23H29ClO4/c1-13(25)23(28-14(2)26)10-7-18-16-12-20(24)19-11-15(27)5-8-21(19,3)17(16)6-9-22(18,23)4/h11-12,16-18H,5-10H2,1-4H3/t16-,17+,18+,21+,22-,23-/m1/s1. The molecule has 0 aromatic heterocycles. The summed E-state index contributed by atoms with van der Waals surface area (Å²) in [7, 11) is 0. The minimum Gasteiger partial charge on any atom is -0.451 e. The third-order valence-corrected chi connectivity index (χ3v) is 8.89. The van der Waals surface area contributed by atoms with Crippen molar-refractivity contribution in [1.82, 2.24) is 0 Å². The number of esters is 1. The van der Waals surface area contributed by atoms with Crippen LogP contribution >= 0.6 is 11.6 Å². The van der Waals surface area contributed by atoms with Gasteiger partial charge in [-0.1, -0.05) is 31.5 Å². The van der Waals surface area contributed by atoms with E-state index in [2.05, 4.69) is 19.9 Å². The van der Waals surface area contributed by atoms with Gasteiger partial charge in [0, 0.05) is 23.8 Å². The first kappa shape index (κ1) is 19.9. The average Bonchev–Trinajstić information content (AvgIpc) is 2.90. The summed E-state index contributed by atoms with van der Waals surface area (Å²) < 4.78 is 5.79. The molecule has 0 heterocycles. The van der Waals surface area contributed by atoms with Crippen molar-refractivity contribution in [2.24, 2.45) is 28.6 Å². The molecule has 5 heteroatoms. The summed E-state index contributed by atoms with van der Waals surface area (Å²) in [5.41, 5.74) is -0.532. The predicted molar refractivity (Wildman–Crippen MR) is 107 cm³/mol. The lowest BCUT2D eigenvalue weighted by Gasteiger charge is -2.57. The molecule has 0 spiro atoms. The Hall–Kier alpha value is -1.42. The van der Waals surface area contributed by atoms with E-state index in [1.165, 1.54) is 6.92 Å². The highest BCUT2D eigenvalue weighted by Gasteiger charge is 2.67. The molecule has 4 rings (SSSR count). The first-order valence-electron chi connectivity index (χ1n) is 10.4. The van der Waals surface area contributed by atoms with Crippen LogP contribution in [-0.4, -0.2) is 23.1 Å². The molecule has 4 aliphatic carbocycles. The Kier molecular flexibility index (Phi) is 4.46. The molecule has 152 valence electrons. The first-order valence-corrected chi connectivity index (χ1v) is 10.8. The molecule has 0 aromatic carbocycles. The SMILES string of the molecule is CC(=O)O[C@@]1(C(C)=O)CC[C@H]2[C@@H]3C=C(Cl)C4=CC(=O)CC[C@@]4(C)[C@H]3CC[C@]21C. The molecule has 4 aliphatic rings. The zero-order valence-electron chi connectivity index (χ0n) is 17.1. The van der Waals surface area contributed by atoms with Crippen LogP contribution < -0.4 is 0 Å². The van der Waals surface area contributed by atoms with Gasteiger partial charge in [0.05, 0.1) is 0 Å². The van der Waals surface area contributed by atoms with Gasteiger partial charge in [-0.15, -0.1) is 0 Å². The van der Waals surface area contributed by atoms with Gasteiger partial charge in [-0.25, -0.2) is 0 Å². The summed E-state index contributed by atoms with van der Waals surface area (Å²) in [6.45, 7) is 7.33. The molecule has 0 saturated heterocycles. The number of hydrogen-bond acceptors (Lipinski definition) is 4. The van der Waals surface area contributed by atoms with Gasteiger partial charge in [0.1, 0.15) is 0 Å². The number of hydrogen-bond donors (Lipinski definition) is 0. The summed E-state index contributed by atoms with van der Waals surface area (Å²) in [4.78, 5) is 36.6. The van der Waals surface area contributed by atoms with Crippen LogP contribution in [0, 0.1) is 28.6 Å². The molecule has 0 aromatic rings. The highest BCUT2D eigenvalue weighted by Crippen LogP contribution is 2.68. The Morgan fingerprint density at radius 2 is 1.79 bits per heavy atom. The number of fused-ring (bicyclic) bond motifs is 5. The van der Waals surface area contributed by atoms with E-state index in [9.17, 15) is 14.4 Å². The molecule has 2 saturated carbocycles. The molecule has 0 N–H and O–H groups in total. The van der Waals surface area contributed by atoms with Gasteiger partial charge in [0.2, 0.25) is 0 Å². The van der Waals surface area contributed by atoms with Crippen molar-refractivity contribution in [2.45, 2.75) is 71.8 Å². The number of Topliss-reactive ketones (excluding diaryl/α,β-unsaturated/α-hetero) is 1. The van der Waals surface area contributed by atoms with Crippen LogP contribution in [-0.2, 0) is 19.1 Å². The Balaban J connectivity index is 1.79. The topological polar surface area (TPSA) is 60.4 Å². The van der Waals surface area contributed by atoms with Gasteiger partial charge in [0.25, 0.3) is 0 Å². The second-order valence-electron chi connectivity index (χ2n) is 9.72. The lowest BCUT2D eigenvalue weighted by Crippen LogP contribution is -2.58. The molecule has 0 aliphatic heterocycles. The number of halogens is 1. The van der Waals surface area contributed by atoms with Crippen molar-refractivity contribution in [2.75, 3.05) is 0 Å². The average molecular weight is 405 g/mol. The van der Waals surface area contributed by atoms with Crippen LogP contribution in [0.15, 0.2) is 22.8 Å². The fourth-order valence-corrected chi connectivity index (χ4v) is 7.55. The first-order chi connectivity index (χ1) is 13.0. The van der Waals surface area contributed by atoms with Gasteiger partial charge < -0.3 is 4.74 Å². The van der Waals surface area contributed by atoms with Crippen molar-refractivity contribution in [3.63, 3.8) is 0 Å². The maximum atomic E-state index is 12.7. The fourth-order valence-electron chi connectivity index (χ4n) is 7.13. The lowest BCUT2D eigenvalue weighted by atomic mass is 9.48. The fraction of sp³-hybridized carbons (Fsp3) is 0.696. The molecule has 0 amide bonds. The summed E-state index contributed by atoms with van der Waals surface area (Å²) in [6.07, 6.45) is 8.48. The zero-order chi connectivity index (χ0) is 20.5. The minimum atomic E-state index is -1.03. The highest BCUT2D eigenvalue weighted by molar-refractivity contribution is 6.32. The molecule has 4 nitrogen and oxygen atoms in total. The lowest BCUT2D eigenvalue weighted by molar-refractivity contribution is -0.185. The molecular weight excluding hydrogens is 376 g/mol. The second-order valence-corrected chi connectivity index (χ2v) is 10.1. The van der Waals surface area contributed by atoms with Crippen LogP contribution in [0.4, 0.5) is 0 Å². The smallest absolute Gasteiger partial charge is 0.303 e. The summed E-state index contributed by atoms with van der Waals surface area (Å²) in [5, 5.41) is 0.689. The molecular formula is C23H29ClO4. The van der Waals surface area contributed by atoms with Crippen LogP contribution in [0.25, 0.3) is 0 Å². The third kappa shape index (κ3) is 2.46. The minimum absolute atomic E-state index is 0.0490. The second kappa shape index (κ2) is 6.29. The van der Waals surface area contributed by atoms with Crippen LogP contribution in [0.3, 0.4) is 0 Å². The normalized spacial score (nSPS) is 44.6. The van der Waals surface area contributed by atoms with E-state index < -0.39 is 5.60 Å². The summed E-state index contributed by atoms with van der Waals surface area (Å²) in [5.74, 6) is 0.584. The van der Waals surface area contributed by atoms with Gasteiger partial charge >= 0.3 is 5.97 Å². The Morgan fingerprint density at radius 3 is 2.43 bits per heavy atom. The van der Waals surface area contributed by atoms with Gasteiger partial charge in [-0.2, -0.15) is 0 Å². The van der Waals surface area contributed by atoms with E-state index in [0.29, 0.717) is 23.8 Å². The van der Waals surface area contributed by atoms with Gasteiger partial charge in [0.15, 0.2) is 17.2 Å². The quantitative estimate of drug-likeness (QED) is 0.623.